The Morgan fingerprint density at radius 2 is 1.93 bits per heavy atom. The number of nitrogens with zero attached hydrogens (tertiary/aromatic N) is 3. The maximum atomic E-state index is 12.8. The van der Waals surface area contributed by atoms with Crippen molar-refractivity contribution in [2.24, 2.45) is 16.3 Å². The van der Waals surface area contributed by atoms with Crippen molar-refractivity contribution in [3.05, 3.63) is 30.3 Å². The third-order valence-corrected chi connectivity index (χ3v) is 6.27. The van der Waals surface area contributed by atoms with E-state index in [4.69, 9.17) is 4.99 Å². The lowest BCUT2D eigenvalue weighted by atomic mass is 9.85. The average Bonchev–Trinajstić information content (AvgIpc) is 3.40. The fourth-order valence-electron chi connectivity index (χ4n) is 4.65. The number of anilines is 1. The van der Waals surface area contributed by atoms with Crippen LogP contribution in [0.15, 0.2) is 35.3 Å². The average molecular weight is 400 g/mol. The van der Waals surface area contributed by atoms with E-state index in [1.165, 1.54) is 12.1 Å². The van der Waals surface area contributed by atoms with Gasteiger partial charge in [-0.2, -0.15) is 0 Å². The first-order valence-corrected chi connectivity index (χ1v) is 11.1. The molecule has 1 unspecified atom stereocenters. The van der Waals surface area contributed by atoms with Crippen LogP contribution in [0.3, 0.4) is 0 Å². The van der Waals surface area contributed by atoms with E-state index in [0.717, 1.165) is 57.8 Å². The van der Waals surface area contributed by atoms with Crippen LogP contribution < -0.4 is 15.5 Å². The highest BCUT2D eigenvalue weighted by atomic mass is 16.2. The molecule has 160 valence electrons. The second kappa shape index (κ2) is 9.99. The van der Waals surface area contributed by atoms with Crippen molar-refractivity contribution in [1.82, 2.24) is 15.5 Å². The first kappa shape index (κ1) is 21.5. The topological polar surface area (TPSA) is 60.0 Å². The molecule has 1 saturated heterocycles. The maximum absolute atomic E-state index is 12.8. The largest absolute Gasteiger partial charge is 0.371 e. The highest BCUT2D eigenvalue weighted by Crippen LogP contribution is 2.39. The van der Waals surface area contributed by atoms with E-state index in [-0.39, 0.29) is 11.3 Å². The molecule has 2 fully saturated rings. The Morgan fingerprint density at radius 3 is 2.59 bits per heavy atom. The van der Waals surface area contributed by atoms with Crippen molar-refractivity contribution in [2.45, 2.75) is 39.0 Å². The summed E-state index contributed by atoms with van der Waals surface area (Å²) in [6.45, 7) is 6.55. The number of carbonyl (C=O) groups excluding carboxylic acids is 1. The summed E-state index contributed by atoms with van der Waals surface area (Å²) in [5.74, 6) is 1.66. The van der Waals surface area contributed by atoms with Gasteiger partial charge in [-0.25, -0.2) is 0 Å². The molecular weight excluding hydrogens is 362 g/mol. The smallest absolute Gasteiger partial charge is 0.230 e. The van der Waals surface area contributed by atoms with Crippen LogP contribution >= 0.6 is 0 Å². The number of guanidine groups is 1. The van der Waals surface area contributed by atoms with Crippen LogP contribution in [-0.2, 0) is 4.79 Å². The van der Waals surface area contributed by atoms with Gasteiger partial charge in [0.1, 0.15) is 0 Å². The maximum Gasteiger partial charge on any atom is 0.230 e. The van der Waals surface area contributed by atoms with Crippen LogP contribution in [-0.4, -0.2) is 63.6 Å². The Bertz CT molecular complexity index is 682. The van der Waals surface area contributed by atoms with Gasteiger partial charge in [-0.3, -0.25) is 9.79 Å². The lowest BCUT2D eigenvalue weighted by Crippen LogP contribution is -2.44. The molecule has 0 spiro atoms. The Morgan fingerprint density at radius 1 is 1.21 bits per heavy atom. The van der Waals surface area contributed by atoms with E-state index in [1.807, 2.05) is 14.1 Å². The Kier molecular flexibility index (Phi) is 7.40. The molecule has 1 heterocycles. The molecule has 6 nitrogen and oxygen atoms in total. The predicted octanol–water partition coefficient (Wildman–Crippen LogP) is 2.72. The second-order valence-electron chi connectivity index (χ2n) is 8.70. The molecule has 1 aliphatic carbocycles. The van der Waals surface area contributed by atoms with Crippen molar-refractivity contribution in [2.75, 3.05) is 51.7 Å². The standard InChI is InChI=1S/C23H37N5O/c1-4-24-22(26-18-23(13-8-9-14-23)21(29)27(2)3)25-16-19-12-15-28(17-19)20-10-6-5-7-11-20/h5-7,10-11,19H,4,8-9,12-18H2,1-3H3,(H2,24,25,26). The lowest BCUT2D eigenvalue weighted by Gasteiger charge is -2.29. The summed E-state index contributed by atoms with van der Waals surface area (Å²) in [5, 5.41) is 6.89. The highest BCUT2D eigenvalue weighted by molar-refractivity contribution is 5.84. The monoisotopic (exact) mass is 399 g/mol. The number of aliphatic imine (C=N–C) groups is 1. The summed E-state index contributed by atoms with van der Waals surface area (Å²) in [7, 11) is 3.71. The molecule has 0 radical (unpaired) electrons. The predicted molar refractivity (Wildman–Crippen MR) is 120 cm³/mol. The number of benzene rings is 1. The zero-order valence-corrected chi connectivity index (χ0v) is 18.3. The van der Waals surface area contributed by atoms with Gasteiger partial charge in [0.05, 0.1) is 12.0 Å². The molecule has 1 aromatic rings. The number of hydrogen-bond donors (Lipinski definition) is 2. The molecule has 1 atom stereocenters. The van der Waals surface area contributed by atoms with Crippen LogP contribution in [0.5, 0.6) is 0 Å². The lowest BCUT2D eigenvalue weighted by molar-refractivity contribution is -0.138. The summed E-state index contributed by atoms with van der Waals surface area (Å²) in [4.78, 5) is 21.8. The summed E-state index contributed by atoms with van der Waals surface area (Å²) in [5.41, 5.74) is 0.990. The van der Waals surface area contributed by atoms with E-state index < -0.39 is 0 Å². The van der Waals surface area contributed by atoms with Crippen LogP contribution in [0, 0.1) is 11.3 Å². The minimum absolute atomic E-state index is 0.226. The van der Waals surface area contributed by atoms with Crippen LogP contribution in [0.2, 0.25) is 0 Å². The SMILES string of the molecule is CCNC(=NCC1(C(=O)N(C)C)CCCC1)NCC1CCN(c2ccccc2)C1. The normalized spacial score (nSPS) is 21.3. The number of para-hydroxylation sites is 1. The van der Waals surface area contributed by atoms with Crippen LogP contribution in [0.1, 0.15) is 39.0 Å². The minimum Gasteiger partial charge on any atom is -0.371 e. The van der Waals surface area contributed by atoms with Crippen molar-refractivity contribution in [1.29, 1.82) is 0 Å². The highest BCUT2D eigenvalue weighted by Gasteiger charge is 2.42. The molecule has 1 aromatic carbocycles. The summed E-state index contributed by atoms with van der Waals surface area (Å²) in [6, 6.07) is 10.6. The molecule has 0 bridgehead atoms. The van der Waals surface area contributed by atoms with E-state index in [0.29, 0.717) is 12.5 Å². The van der Waals surface area contributed by atoms with Gasteiger partial charge in [0.25, 0.3) is 0 Å². The summed E-state index contributed by atoms with van der Waals surface area (Å²) < 4.78 is 0. The van der Waals surface area contributed by atoms with Gasteiger partial charge in [-0.1, -0.05) is 31.0 Å². The molecule has 3 rings (SSSR count). The van der Waals surface area contributed by atoms with Crippen LogP contribution in [0.4, 0.5) is 5.69 Å². The van der Waals surface area contributed by atoms with E-state index in [9.17, 15) is 4.79 Å². The molecule has 0 aromatic heterocycles. The molecule has 2 N–H and O–H groups in total. The Labute approximate surface area is 175 Å². The molecular formula is C23H37N5O. The first-order chi connectivity index (χ1) is 14.0. The number of carbonyl (C=O) groups is 1. The first-order valence-electron chi connectivity index (χ1n) is 11.1. The fourth-order valence-corrected chi connectivity index (χ4v) is 4.65. The molecule has 1 saturated carbocycles. The number of amides is 1. The third kappa shape index (κ3) is 5.43. The van der Waals surface area contributed by atoms with Gasteiger partial charge in [0.15, 0.2) is 5.96 Å². The number of nitrogens with one attached hydrogen (secondary N) is 2. The minimum atomic E-state index is -0.316. The van der Waals surface area contributed by atoms with Gasteiger partial charge >= 0.3 is 0 Å². The Balaban J connectivity index is 1.56. The molecule has 6 heteroatoms. The third-order valence-electron chi connectivity index (χ3n) is 6.27. The van der Waals surface area contributed by atoms with E-state index in [1.54, 1.807) is 4.90 Å². The quantitative estimate of drug-likeness (QED) is 0.547. The van der Waals surface area contributed by atoms with Gasteiger partial charge in [0, 0.05) is 46.0 Å². The summed E-state index contributed by atoms with van der Waals surface area (Å²) in [6.07, 6.45) is 5.32. The Hall–Kier alpha value is -2.24. The van der Waals surface area contributed by atoms with Gasteiger partial charge in [-0.05, 0) is 44.2 Å². The molecule has 29 heavy (non-hydrogen) atoms. The van der Waals surface area contributed by atoms with Crippen molar-refractivity contribution in [3.8, 4) is 0 Å². The van der Waals surface area contributed by atoms with Crippen LogP contribution in [0.25, 0.3) is 0 Å². The van der Waals surface area contributed by atoms with Crippen molar-refractivity contribution < 1.29 is 4.79 Å². The second-order valence-corrected chi connectivity index (χ2v) is 8.70. The van der Waals surface area contributed by atoms with Gasteiger partial charge in [-0.15, -0.1) is 0 Å². The molecule has 1 aliphatic heterocycles. The summed E-state index contributed by atoms with van der Waals surface area (Å²) >= 11 is 0. The van der Waals surface area contributed by atoms with Gasteiger partial charge in [0.2, 0.25) is 5.91 Å². The van der Waals surface area contributed by atoms with E-state index in [2.05, 4.69) is 52.8 Å². The zero-order valence-electron chi connectivity index (χ0n) is 18.3. The number of rotatable bonds is 7. The van der Waals surface area contributed by atoms with Crippen molar-refractivity contribution in [3.63, 3.8) is 0 Å². The van der Waals surface area contributed by atoms with Gasteiger partial charge < -0.3 is 20.4 Å². The number of hydrogen-bond acceptors (Lipinski definition) is 3. The molecule has 1 amide bonds. The fraction of sp³-hybridized carbons (Fsp3) is 0.652. The molecule has 2 aliphatic rings. The zero-order chi connectivity index (χ0) is 20.7. The van der Waals surface area contributed by atoms with E-state index >= 15 is 0 Å². The van der Waals surface area contributed by atoms with Crippen molar-refractivity contribution >= 4 is 17.6 Å².